The van der Waals surface area contributed by atoms with Gasteiger partial charge in [-0.15, -0.1) is 0 Å². The van der Waals surface area contributed by atoms with E-state index in [4.69, 9.17) is 5.11 Å². The van der Waals surface area contributed by atoms with Crippen LogP contribution in [0.5, 0.6) is 0 Å². The van der Waals surface area contributed by atoms with Gasteiger partial charge in [0, 0.05) is 18.7 Å². The van der Waals surface area contributed by atoms with Gasteiger partial charge in [-0.3, -0.25) is 4.99 Å². The average Bonchev–Trinajstić information content (AvgIpc) is 2.71. The van der Waals surface area contributed by atoms with Crippen LogP contribution in [-0.2, 0) is 0 Å². The summed E-state index contributed by atoms with van der Waals surface area (Å²) in [5.41, 5.74) is 1.08. The Morgan fingerprint density at radius 2 is 2.33 bits per heavy atom. The van der Waals surface area contributed by atoms with Crippen LogP contribution in [0, 0.1) is 0 Å². The molecule has 2 N–H and O–H groups in total. The lowest BCUT2D eigenvalue weighted by atomic mass is 10.2. The Morgan fingerprint density at radius 1 is 1.47 bits per heavy atom. The molecule has 1 aromatic carbocycles. The number of rotatable bonds is 2. The number of benzene rings is 1. The van der Waals surface area contributed by atoms with Crippen LogP contribution in [0.2, 0.25) is 0 Å². The molecule has 0 bridgehead atoms. The largest absolute Gasteiger partial charge is 0.478 e. The fraction of sp³-hybridized carbons (Fsp3) is 0.273. The number of nitrogens with zero attached hydrogens (tertiary/aromatic N) is 1. The molecule has 0 saturated heterocycles. The third-order valence-electron chi connectivity index (χ3n) is 2.27. The van der Waals surface area contributed by atoms with Gasteiger partial charge in [0.15, 0.2) is 0 Å². The fourth-order valence-electron chi connectivity index (χ4n) is 1.54. The number of amidine groups is 1. The number of hydrogen-bond acceptors (Lipinski definition) is 3. The molecular formula is C11H12N2O2. The number of hydrogen-bond donors (Lipinski definition) is 2. The standard InChI is InChI=1S/C11H12N2O2/c14-11(15)8-3-1-4-9(7-8)13-10-5-2-6-12-10/h1,3-4,7H,2,5-6H2,(H,12,13)(H,14,15). The molecule has 0 aromatic heterocycles. The van der Waals surface area contributed by atoms with Gasteiger partial charge in [-0.2, -0.15) is 0 Å². The fourth-order valence-corrected chi connectivity index (χ4v) is 1.54. The molecule has 0 unspecified atom stereocenters. The van der Waals surface area contributed by atoms with Crippen LogP contribution in [-0.4, -0.2) is 23.5 Å². The maximum absolute atomic E-state index is 10.7. The summed E-state index contributed by atoms with van der Waals surface area (Å²) in [7, 11) is 0. The molecule has 78 valence electrons. The Balaban J connectivity index is 2.14. The van der Waals surface area contributed by atoms with Crippen LogP contribution in [0.4, 0.5) is 5.69 Å². The zero-order valence-corrected chi connectivity index (χ0v) is 8.23. The first kappa shape index (κ1) is 9.71. The quantitative estimate of drug-likeness (QED) is 0.774. The molecule has 0 amide bonds. The van der Waals surface area contributed by atoms with Gasteiger partial charge in [0.05, 0.1) is 5.56 Å². The molecule has 2 rings (SSSR count). The lowest BCUT2D eigenvalue weighted by Crippen LogP contribution is -2.09. The summed E-state index contributed by atoms with van der Waals surface area (Å²) in [6.07, 6.45) is 2.01. The zero-order valence-electron chi connectivity index (χ0n) is 8.23. The molecule has 4 heteroatoms. The van der Waals surface area contributed by atoms with Crippen molar-refractivity contribution in [3.63, 3.8) is 0 Å². The van der Waals surface area contributed by atoms with Crippen molar-refractivity contribution in [1.82, 2.24) is 0 Å². The van der Waals surface area contributed by atoms with Crippen LogP contribution in [0.15, 0.2) is 29.3 Å². The Morgan fingerprint density at radius 3 is 3.00 bits per heavy atom. The Labute approximate surface area is 87.7 Å². The maximum Gasteiger partial charge on any atom is 0.335 e. The third-order valence-corrected chi connectivity index (χ3v) is 2.27. The van der Waals surface area contributed by atoms with Crippen molar-refractivity contribution in [3.8, 4) is 0 Å². The van der Waals surface area contributed by atoms with Crippen molar-refractivity contribution in [1.29, 1.82) is 0 Å². The molecule has 0 saturated carbocycles. The number of aliphatic imine (C=N–C) groups is 1. The smallest absolute Gasteiger partial charge is 0.335 e. The molecule has 1 aromatic rings. The Hall–Kier alpha value is -1.84. The van der Waals surface area contributed by atoms with E-state index >= 15 is 0 Å². The van der Waals surface area contributed by atoms with E-state index in [0.29, 0.717) is 5.56 Å². The second-order valence-electron chi connectivity index (χ2n) is 3.44. The van der Waals surface area contributed by atoms with Crippen LogP contribution >= 0.6 is 0 Å². The van der Waals surface area contributed by atoms with E-state index in [1.54, 1.807) is 18.2 Å². The number of carbonyl (C=O) groups is 1. The van der Waals surface area contributed by atoms with Gasteiger partial charge in [-0.25, -0.2) is 4.79 Å². The number of carboxylic acids is 1. The minimum absolute atomic E-state index is 0.290. The van der Waals surface area contributed by atoms with Crippen molar-refractivity contribution >= 4 is 17.5 Å². The van der Waals surface area contributed by atoms with Gasteiger partial charge >= 0.3 is 5.97 Å². The first-order valence-electron chi connectivity index (χ1n) is 4.89. The van der Waals surface area contributed by atoms with E-state index in [1.807, 2.05) is 6.07 Å². The minimum atomic E-state index is -0.910. The highest BCUT2D eigenvalue weighted by Gasteiger charge is 2.07. The van der Waals surface area contributed by atoms with Crippen molar-refractivity contribution in [3.05, 3.63) is 29.8 Å². The average molecular weight is 204 g/mol. The van der Waals surface area contributed by atoms with Gasteiger partial charge in [0.25, 0.3) is 0 Å². The highest BCUT2D eigenvalue weighted by atomic mass is 16.4. The van der Waals surface area contributed by atoms with Crippen molar-refractivity contribution in [2.45, 2.75) is 12.8 Å². The summed E-state index contributed by atoms with van der Waals surface area (Å²) in [4.78, 5) is 15.0. The molecule has 1 aliphatic rings. The summed E-state index contributed by atoms with van der Waals surface area (Å²) < 4.78 is 0. The van der Waals surface area contributed by atoms with E-state index < -0.39 is 5.97 Å². The zero-order chi connectivity index (χ0) is 10.7. The molecular weight excluding hydrogens is 192 g/mol. The van der Waals surface area contributed by atoms with Crippen molar-refractivity contribution in [2.24, 2.45) is 4.99 Å². The Kier molecular flexibility index (Phi) is 2.67. The van der Waals surface area contributed by atoms with Gasteiger partial charge < -0.3 is 10.4 Å². The third kappa shape index (κ3) is 2.34. The summed E-state index contributed by atoms with van der Waals surface area (Å²) >= 11 is 0. The lowest BCUT2D eigenvalue weighted by Gasteiger charge is -2.05. The van der Waals surface area contributed by atoms with Gasteiger partial charge in [0.2, 0.25) is 0 Å². The van der Waals surface area contributed by atoms with Crippen molar-refractivity contribution in [2.75, 3.05) is 11.9 Å². The van der Waals surface area contributed by atoms with E-state index in [9.17, 15) is 4.79 Å². The number of carboxylic acid groups (broad SMARTS) is 1. The predicted octanol–water partition coefficient (Wildman–Crippen LogP) is 1.99. The van der Waals surface area contributed by atoms with Gasteiger partial charge in [-0.1, -0.05) is 6.07 Å². The molecule has 1 heterocycles. The molecule has 0 spiro atoms. The summed E-state index contributed by atoms with van der Waals surface area (Å²) in [5, 5.41) is 11.9. The van der Waals surface area contributed by atoms with E-state index in [0.717, 1.165) is 30.9 Å². The summed E-state index contributed by atoms with van der Waals surface area (Å²) in [6.45, 7) is 0.862. The van der Waals surface area contributed by atoms with Crippen molar-refractivity contribution < 1.29 is 9.90 Å². The first-order valence-corrected chi connectivity index (χ1v) is 4.89. The highest BCUT2D eigenvalue weighted by Crippen LogP contribution is 2.13. The van der Waals surface area contributed by atoms with Crippen LogP contribution in [0.1, 0.15) is 23.2 Å². The monoisotopic (exact) mass is 204 g/mol. The van der Waals surface area contributed by atoms with Crippen LogP contribution in [0.3, 0.4) is 0 Å². The molecule has 1 aliphatic heterocycles. The SMILES string of the molecule is O=C(O)c1cccc(NC2=NCCC2)c1. The molecule has 15 heavy (non-hydrogen) atoms. The molecule has 0 fully saturated rings. The molecule has 0 atom stereocenters. The van der Waals surface area contributed by atoms with Gasteiger partial charge in [-0.05, 0) is 24.6 Å². The normalized spacial score (nSPS) is 14.8. The van der Waals surface area contributed by atoms with E-state index in [1.165, 1.54) is 0 Å². The molecule has 4 nitrogen and oxygen atoms in total. The van der Waals surface area contributed by atoms with Crippen LogP contribution < -0.4 is 5.32 Å². The molecule has 0 aliphatic carbocycles. The number of nitrogens with one attached hydrogen (secondary N) is 1. The minimum Gasteiger partial charge on any atom is -0.478 e. The number of anilines is 1. The Bertz CT molecular complexity index is 413. The lowest BCUT2D eigenvalue weighted by molar-refractivity contribution is 0.0697. The van der Waals surface area contributed by atoms with Gasteiger partial charge in [0.1, 0.15) is 5.84 Å². The molecule has 0 radical (unpaired) electrons. The highest BCUT2D eigenvalue weighted by molar-refractivity contribution is 5.97. The van der Waals surface area contributed by atoms with E-state index in [2.05, 4.69) is 10.3 Å². The second kappa shape index (κ2) is 4.13. The second-order valence-corrected chi connectivity index (χ2v) is 3.44. The maximum atomic E-state index is 10.7. The summed E-state index contributed by atoms with van der Waals surface area (Å²) in [5.74, 6) is 0.0320. The first-order chi connectivity index (χ1) is 7.25. The number of aromatic carboxylic acids is 1. The van der Waals surface area contributed by atoms with E-state index in [-0.39, 0.29) is 0 Å². The topological polar surface area (TPSA) is 61.7 Å². The summed E-state index contributed by atoms with van der Waals surface area (Å²) in [6, 6.07) is 6.75. The predicted molar refractivity (Wildman–Crippen MR) is 58.6 cm³/mol. The van der Waals surface area contributed by atoms with Crippen LogP contribution in [0.25, 0.3) is 0 Å².